The normalized spacial score (nSPS) is 14.8. The van der Waals surface area contributed by atoms with Gasteiger partial charge in [0.25, 0.3) is 5.91 Å². The van der Waals surface area contributed by atoms with E-state index in [0.29, 0.717) is 0 Å². The highest BCUT2D eigenvalue weighted by molar-refractivity contribution is 7.13. The largest absolute Gasteiger partial charge is 0.336 e. The number of hydrogen-bond donors (Lipinski definition) is 0. The summed E-state index contributed by atoms with van der Waals surface area (Å²) in [4.78, 5) is 27.2. The molecule has 1 saturated heterocycles. The Morgan fingerprint density at radius 3 is 2.53 bits per heavy atom. The van der Waals surface area contributed by atoms with Crippen molar-refractivity contribution in [2.45, 2.75) is 20.4 Å². The Morgan fingerprint density at radius 2 is 1.75 bits per heavy atom. The van der Waals surface area contributed by atoms with Crippen molar-refractivity contribution in [3.05, 3.63) is 82.5 Å². The Bertz CT molecular complexity index is 1260. The van der Waals surface area contributed by atoms with Gasteiger partial charge >= 0.3 is 0 Å². The van der Waals surface area contributed by atoms with Gasteiger partial charge in [-0.3, -0.25) is 14.7 Å². The molecule has 2 aromatic heterocycles. The van der Waals surface area contributed by atoms with E-state index in [2.05, 4.69) is 33.5 Å². The monoisotopic (exact) mass is 442 g/mol. The number of nitrogens with zero attached hydrogens (tertiary/aromatic N) is 4. The molecule has 0 bridgehead atoms. The van der Waals surface area contributed by atoms with Crippen LogP contribution in [0.3, 0.4) is 0 Å². The maximum absolute atomic E-state index is 13.4. The molecule has 2 aromatic carbocycles. The lowest BCUT2D eigenvalue weighted by Crippen LogP contribution is -2.48. The molecule has 1 aliphatic rings. The molecule has 5 nitrogen and oxygen atoms in total. The van der Waals surface area contributed by atoms with Gasteiger partial charge in [0, 0.05) is 54.7 Å². The first-order valence-corrected chi connectivity index (χ1v) is 11.8. The zero-order valence-corrected chi connectivity index (χ0v) is 19.2. The van der Waals surface area contributed by atoms with Crippen LogP contribution in [0.4, 0.5) is 0 Å². The number of pyridine rings is 1. The van der Waals surface area contributed by atoms with Gasteiger partial charge in [0.15, 0.2) is 0 Å². The molecule has 3 heterocycles. The Labute approximate surface area is 192 Å². The predicted molar refractivity (Wildman–Crippen MR) is 130 cm³/mol. The van der Waals surface area contributed by atoms with Crippen LogP contribution in [0.15, 0.2) is 60.0 Å². The van der Waals surface area contributed by atoms with Crippen LogP contribution < -0.4 is 0 Å². The minimum Gasteiger partial charge on any atom is -0.336 e. The standard InChI is InChI=1S/C26H26N4OS/c1-18-8-9-24-22(14-18)23(15-19(2)27-24)26(31)30-12-10-29(11-13-30)16-21-17-32-25(28-21)20-6-4-3-5-7-20/h3-9,14-15,17H,10-13,16H2,1-2H3. The van der Waals surface area contributed by atoms with E-state index in [-0.39, 0.29) is 5.91 Å². The number of hydrogen-bond acceptors (Lipinski definition) is 5. The topological polar surface area (TPSA) is 49.3 Å². The number of thiazole rings is 1. The van der Waals surface area contributed by atoms with Crippen LogP contribution in [0.1, 0.15) is 27.3 Å². The fourth-order valence-electron chi connectivity index (χ4n) is 4.25. The van der Waals surface area contributed by atoms with Crippen molar-refractivity contribution in [3.63, 3.8) is 0 Å². The van der Waals surface area contributed by atoms with E-state index >= 15 is 0 Å². The summed E-state index contributed by atoms with van der Waals surface area (Å²) < 4.78 is 0. The first-order valence-electron chi connectivity index (χ1n) is 11.0. The lowest BCUT2D eigenvalue weighted by Gasteiger charge is -2.34. The van der Waals surface area contributed by atoms with E-state index in [0.717, 1.165) is 76.7 Å². The van der Waals surface area contributed by atoms with E-state index in [1.165, 1.54) is 0 Å². The lowest BCUT2D eigenvalue weighted by molar-refractivity contribution is 0.0629. The van der Waals surface area contributed by atoms with Crippen molar-refractivity contribution in [1.29, 1.82) is 0 Å². The van der Waals surface area contributed by atoms with Gasteiger partial charge in [0.1, 0.15) is 5.01 Å². The number of carbonyl (C=O) groups excluding carboxylic acids is 1. The molecule has 0 N–H and O–H groups in total. The smallest absolute Gasteiger partial charge is 0.254 e. The summed E-state index contributed by atoms with van der Waals surface area (Å²) in [7, 11) is 0. The van der Waals surface area contributed by atoms with E-state index in [1.807, 2.05) is 55.1 Å². The van der Waals surface area contributed by atoms with Gasteiger partial charge in [0.2, 0.25) is 0 Å². The molecule has 4 aromatic rings. The van der Waals surface area contributed by atoms with E-state index in [9.17, 15) is 4.79 Å². The van der Waals surface area contributed by atoms with Gasteiger partial charge in [0.05, 0.1) is 16.8 Å². The summed E-state index contributed by atoms with van der Waals surface area (Å²) in [6.45, 7) is 7.98. The van der Waals surface area contributed by atoms with Gasteiger partial charge < -0.3 is 4.90 Å². The summed E-state index contributed by atoms with van der Waals surface area (Å²) in [6.07, 6.45) is 0. The number of rotatable bonds is 4. The fraction of sp³-hybridized carbons (Fsp3) is 0.269. The summed E-state index contributed by atoms with van der Waals surface area (Å²) in [5, 5.41) is 4.15. The Hall–Kier alpha value is -3.09. The second-order valence-corrected chi connectivity index (χ2v) is 9.27. The van der Waals surface area contributed by atoms with Crippen molar-refractivity contribution < 1.29 is 4.79 Å². The van der Waals surface area contributed by atoms with Crippen molar-refractivity contribution in [2.24, 2.45) is 0 Å². The highest BCUT2D eigenvalue weighted by Crippen LogP contribution is 2.25. The Balaban J connectivity index is 1.25. The van der Waals surface area contributed by atoms with E-state index < -0.39 is 0 Å². The maximum Gasteiger partial charge on any atom is 0.254 e. The number of piperazine rings is 1. The molecule has 1 amide bonds. The first kappa shape index (κ1) is 20.8. The second-order valence-electron chi connectivity index (χ2n) is 8.41. The van der Waals surface area contributed by atoms with Gasteiger partial charge in [-0.2, -0.15) is 0 Å². The van der Waals surface area contributed by atoms with Gasteiger partial charge in [-0.05, 0) is 32.0 Å². The zero-order valence-electron chi connectivity index (χ0n) is 18.4. The number of fused-ring (bicyclic) bond motifs is 1. The first-order chi connectivity index (χ1) is 15.6. The van der Waals surface area contributed by atoms with E-state index in [1.54, 1.807) is 11.3 Å². The molecule has 0 unspecified atom stereocenters. The summed E-state index contributed by atoms with van der Waals surface area (Å²) >= 11 is 1.69. The molecule has 0 radical (unpaired) electrons. The van der Waals surface area contributed by atoms with Crippen LogP contribution in [-0.4, -0.2) is 51.9 Å². The minimum atomic E-state index is 0.103. The molecule has 0 atom stereocenters. The predicted octanol–water partition coefficient (Wildman–Crippen LogP) is 4.93. The molecule has 32 heavy (non-hydrogen) atoms. The second kappa shape index (κ2) is 8.81. The molecule has 5 rings (SSSR count). The van der Waals surface area contributed by atoms with Gasteiger partial charge in [-0.25, -0.2) is 4.98 Å². The maximum atomic E-state index is 13.4. The van der Waals surface area contributed by atoms with Crippen molar-refractivity contribution in [1.82, 2.24) is 19.8 Å². The molecule has 1 fully saturated rings. The average Bonchev–Trinajstić information content (AvgIpc) is 3.28. The van der Waals surface area contributed by atoms with Crippen LogP contribution in [-0.2, 0) is 6.54 Å². The summed E-state index contributed by atoms with van der Waals surface area (Å²) in [6, 6.07) is 18.3. The number of carbonyl (C=O) groups is 1. The lowest BCUT2D eigenvalue weighted by atomic mass is 10.0. The third kappa shape index (κ3) is 4.29. The molecular weight excluding hydrogens is 416 g/mol. The van der Waals surface area contributed by atoms with Crippen LogP contribution in [0.2, 0.25) is 0 Å². The molecule has 6 heteroatoms. The summed E-state index contributed by atoms with van der Waals surface area (Å²) in [5.74, 6) is 0.103. The Kier molecular flexibility index (Phi) is 5.72. The molecule has 0 spiro atoms. The SMILES string of the molecule is Cc1ccc2nc(C)cc(C(=O)N3CCN(Cc4csc(-c5ccccc5)n4)CC3)c2c1. The highest BCUT2D eigenvalue weighted by atomic mass is 32.1. The third-order valence-electron chi connectivity index (χ3n) is 5.94. The number of benzene rings is 2. The zero-order chi connectivity index (χ0) is 22.1. The molecule has 1 aliphatic heterocycles. The van der Waals surface area contributed by atoms with Crippen LogP contribution in [0, 0.1) is 13.8 Å². The average molecular weight is 443 g/mol. The van der Waals surface area contributed by atoms with Gasteiger partial charge in [-0.15, -0.1) is 11.3 Å². The van der Waals surface area contributed by atoms with Crippen LogP contribution in [0.25, 0.3) is 21.5 Å². The van der Waals surface area contributed by atoms with Crippen molar-refractivity contribution in [2.75, 3.05) is 26.2 Å². The molecule has 162 valence electrons. The van der Waals surface area contributed by atoms with Crippen LogP contribution >= 0.6 is 11.3 Å². The quantitative estimate of drug-likeness (QED) is 0.450. The van der Waals surface area contributed by atoms with E-state index in [4.69, 9.17) is 4.98 Å². The van der Waals surface area contributed by atoms with Crippen molar-refractivity contribution in [3.8, 4) is 10.6 Å². The molecule has 0 saturated carbocycles. The molecular formula is C26H26N4OS. The van der Waals surface area contributed by atoms with Crippen molar-refractivity contribution >= 4 is 28.1 Å². The number of aryl methyl sites for hydroxylation is 2. The summed E-state index contributed by atoms with van der Waals surface area (Å²) in [5.41, 5.74) is 5.92. The van der Waals surface area contributed by atoms with Gasteiger partial charge in [-0.1, -0.05) is 42.0 Å². The fourth-order valence-corrected chi connectivity index (χ4v) is 5.07. The highest BCUT2D eigenvalue weighted by Gasteiger charge is 2.24. The number of aromatic nitrogens is 2. The Morgan fingerprint density at radius 1 is 0.969 bits per heavy atom. The third-order valence-corrected chi connectivity index (χ3v) is 6.88. The molecule has 0 aliphatic carbocycles. The number of amides is 1. The minimum absolute atomic E-state index is 0.103. The van der Waals surface area contributed by atoms with Crippen LogP contribution in [0.5, 0.6) is 0 Å².